The molecule has 1 aliphatic rings. The Morgan fingerprint density at radius 2 is 2.36 bits per heavy atom. The van der Waals surface area contributed by atoms with Crippen LogP contribution in [0.5, 0.6) is 0 Å². The minimum Gasteiger partial charge on any atom is -0.388 e. The van der Waals surface area contributed by atoms with Crippen molar-refractivity contribution in [1.82, 2.24) is 4.98 Å². The van der Waals surface area contributed by atoms with Crippen molar-refractivity contribution in [3.63, 3.8) is 0 Å². The first-order valence-corrected chi connectivity index (χ1v) is 5.11. The van der Waals surface area contributed by atoms with E-state index in [0.717, 1.165) is 24.8 Å². The molecule has 1 aliphatic carbocycles. The van der Waals surface area contributed by atoms with Gasteiger partial charge in [-0.05, 0) is 36.8 Å². The van der Waals surface area contributed by atoms with E-state index in [2.05, 4.69) is 17.1 Å². The van der Waals surface area contributed by atoms with E-state index in [4.69, 9.17) is 0 Å². The van der Waals surface area contributed by atoms with Crippen LogP contribution in [0.4, 0.5) is 0 Å². The van der Waals surface area contributed by atoms with Gasteiger partial charge in [-0.1, -0.05) is 18.2 Å². The van der Waals surface area contributed by atoms with Gasteiger partial charge in [0.15, 0.2) is 0 Å². The maximum Gasteiger partial charge on any atom is 0.0836 e. The fraction of sp³-hybridized carbons (Fsp3) is 0.417. The van der Waals surface area contributed by atoms with E-state index in [1.165, 1.54) is 0 Å². The van der Waals surface area contributed by atoms with Crippen molar-refractivity contribution in [2.45, 2.75) is 25.4 Å². The van der Waals surface area contributed by atoms with Crippen LogP contribution in [0.15, 0.2) is 36.7 Å². The normalized spacial score (nSPS) is 23.4. The number of aromatic nitrogens is 1. The molecule has 0 aliphatic heterocycles. The maximum absolute atomic E-state index is 10.1. The molecule has 1 aromatic heterocycles. The van der Waals surface area contributed by atoms with E-state index >= 15 is 0 Å². The summed E-state index contributed by atoms with van der Waals surface area (Å²) < 4.78 is 0. The number of rotatable bonds is 2. The van der Waals surface area contributed by atoms with Gasteiger partial charge in [-0.3, -0.25) is 4.98 Å². The smallest absolute Gasteiger partial charge is 0.0836 e. The van der Waals surface area contributed by atoms with Gasteiger partial charge in [0.1, 0.15) is 0 Å². The van der Waals surface area contributed by atoms with Gasteiger partial charge in [0.05, 0.1) is 6.10 Å². The maximum atomic E-state index is 10.1. The van der Waals surface area contributed by atoms with Crippen LogP contribution in [0.1, 0.15) is 30.9 Å². The molecule has 2 nitrogen and oxygen atoms in total. The highest BCUT2D eigenvalue weighted by molar-refractivity contribution is 5.13. The zero-order chi connectivity index (χ0) is 9.80. The minimum atomic E-state index is -0.353. The lowest BCUT2D eigenvalue weighted by Crippen LogP contribution is -2.13. The molecule has 74 valence electrons. The van der Waals surface area contributed by atoms with Crippen molar-refractivity contribution in [2.24, 2.45) is 5.92 Å². The molecule has 14 heavy (non-hydrogen) atoms. The Morgan fingerprint density at radius 3 is 3.00 bits per heavy atom. The first-order valence-electron chi connectivity index (χ1n) is 5.11. The molecule has 1 N–H and O–H groups in total. The Morgan fingerprint density at radius 1 is 1.43 bits per heavy atom. The zero-order valence-corrected chi connectivity index (χ0v) is 8.13. The molecular formula is C12H15NO. The monoisotopic (exact) mass is 189 g/mol. The third kappa shape index (κ3) is 2.02. The largest absolute Gasteiger partial charge is 0.388 e. The second kappa shape index (κ2) is 4.38. The first kappa shape index (κ1) is 9.41. The highest BCUT2D eigenvalue weighted by Gasteiger charge is 2.20. The van der Waals surface area contributed by atoms with Crippen LogP contribution in [0.3, 0.4) is 0 Å². The second-order valence-corrected chi connectivity index (χ2v) is 3.78. The van der Waals surface area contributed by atoms with Crippen LogP contribution in [0, 0.1) is 5.92 Å². The lowest BCUT2D eigenvalue weighted by Gasteiger charge is -2.23. The molecule has 2 atom stereocenters. The molecule has 2 rings (SSSR count). The molecule has 0 bridgehead atoms. The minimum absolute atomic E-state index is 0.353. The summed E-state index contributed by atoms with van der Waals surface area (Å²) in [6, 6.07) is 3.81. The van der Waals surface area contributed by atoms with Gasteiger partial charge in [0, 0.05) is 12.4 Å². The van der Waals surface area contributed by atoms with Gasteiger partial charge in [0.2, 0.25) is 0 Å². The lowest BCUT2D eigenvalue weighted by molar-refractivity contribution is 0.102. The van der Waals surface area contributed by atoms with Crippen molar-refractivity contribution < 1.29 is 5.11 Å². The topological polar surface area (TPSA) is 33.1 Å². The van der Waals surface area contributed by atoms with Gasteiger partial charge >= 0.3 is 0 Å². The molecule has 0 radical (unpaired) electrons. The van der Waals surface area contributed by atoms with Crippen molar-refractivity contribution >= 4 is 0 Å². The first-order chi connectivity index (χ1) is 6.88. The summed E-state index contributed by atoms with van der Waals surface area (Å²) >= 11 is 0. The van der Waals surface area contributed by atoms with Crippen LogP contribution in [0.2, 0.25) is 0 Å². The predicted octanol–water partition coefficient (Wildman–Crippen LogP) is 2.47. The van der Waals surface area contributed by atoms with Crippen molar-refractivity contribution in [1.29, 1.82) is 0 Å². The number of hydrogen-bond donors (Lipinski definition) is 1. The summed E-state index contributed by atoms with van der Waals surface area (Å²) in [5.41, 5.74) is 0.938. The molecule has 0 saturated heterocycles. The van der Waals surface area contributed by atoms with Crippen molar-refractivity contribution in [2.75, 3.05) is 0 Å². The second-order valence-electron chi connectivity index (χ2n) is 3.78. The Bertz CT molecular complexity index is 307. The van der Waals surface area contributed by atoms with E-state index in [1.54, 1.807) is 12.4 Å². The Balaban J connectivity index is 2.08. The van der Waals surface area contributed by atoms with Crippen LogP contribution in [-0.4, -0.2) is 10.1 Å². The Hall–Kier alpha value is -1.15. The predicted molar refractivity (Wildman–Crippen MR) is 55.7 cm³/mol. The lowest BCUT2D eigenvalue weighted by atomic mass is 9.86. The van der Waals surface area contributed by atoms with Crippen molar-refractivity contribution in [3.05, 3.63) is 42.2 Å². The third-order valence-electron chi connectivity index (χ3n) is 2.78. The average molecular weight is 189 g/mol. The molecule has 1 heterocycles. The standard InChI is InChI=1S/C12H15NO/c14-12(10-5-2-1-3-6-10)11-7-4-8-13-9-11/h1-2,4,7-10,12,14H,3,5-6H2. The highest BCUT2D eigenvalue weighted by Crippen LogP contribution is 2.30. The summed E-state index contributed by atoms with van der Waals surface area (Å²) in [6.07, 6.45) is 10.6. The number of allylic oxidation sites excluding steroid dienone is 2. The van der Waals surface area contributed by atoms with Gasteiger partial charge in [-0.15, -0.1) is 0 Å². The molecule has 0 fully saturated rings. The quantitative estimate of drug-likeness (QED) is 0.725. The Labute approximate surface area is 84.3 Å². The van der Waals surface area contributed by atoms with E-state index in [0.29, 0.717) is 5.92 Å². The summed E-state index contributed by atoms with van der Waals surface area (Å²) in [6.45, 7) is 0. The van der Waals surface area contributed by atoms with E-state index < -0.39 is 0 Å². The number of aliphatic hydroxyl groups is 1. The average Bonchev–Trinajstić information content (AvgIpc) is 2.30. The molecule has 2 unspecified atom stereocenters. The van der Waals surface area contributed by atoms with E-state index in [1.807, 2.05) is 12.1 Å². The van der Waals surface area contributed by atoms with Gasteiger partial charge < -0.3 is 5.11 Å². The fourth-order valence-electron chi connectivity index (χ4n) is 1.93. The highest BCUT2D eigenvalue weighted by atomic mass is 16.3. The van der Waals surface area contributed by atoms with Crippen LogP contribution in [-0.2, 0) is 0 Å². The summed E-state index contributed by atoms with van der Waals surface area (Å²) in [5, 5.41) is 10.1. The molecule has 0 aromatic carbocycles. The zero-order valence-electron chi connectivity index (χ0n) is 8.13. The third-order valence-corrected chi connectivity index (χ3v) is 2.78. The molecule has 0 saturated carbocycles. The SMILES string of the molecule is OC(c1cccnc1)C1CC=CCC1. The van der Waals surface area contributed by atoms with E-state index in [9.17, 15) is 5.11 Å². The fourth-order valence-corrected chi connectivity index (χ4v) is 1.93. The van der Waals surface area contributed by atoms with Crippen LogP contribution >= 0.6 is 0 Å². The van der Waals surface area contributed by atoms with Gasteiger partial charge in [-0.25, -0.2) is 0 Å². The number of aliphatic hydroxyl groups excluding tert-OH is 1. The Kier molecular flexibility index (Phi) is 2.94. The van der Waals surface area contributed by atoms with Gasteiger partial charge in [-0.2, -0.15) is 0 Å². The summed E-state index contributed by atoms with van der Waals surface area (Å²) in [5.74, 6) is 0.365. The number of nitrogens with zero attached hydrogens (tertiary/aromatic N) is 1. The molecule has 0 spiro atoms. The molecule has 1 aromatic rings. The molecular weight excluding hydrogens is 174 g/mol. The van der Waals surface area contributed by atoms with Crippen LogP contribution in [0.25, 0.3) is 0 Å². The van der Waals surface area contributed by atoms with Crippen molar-refractivity contribution in [3.8, 4) is 0 Å². The number of hydrogen-bond acceptors (Lipinski definition) is 2. The number of pyridine rings is 1. The van der Waals surface area contributed by atoms with Crippen LogP contribution < -0.4 is 0 Å². The summed E-state index contributed by atoms with van der Waals surface area (Å²) in [7, 11) is 0. The van der Waals surface area contributed by atoms with Gasteiger partial charge in [0.25, 0.3) is 0 Å². The molecule has 2 heteroatoms. The van der Waals surface area contributed by atoms with E-state index in [-0.39, 0.29) is 6.10 Å². The molecule has 0 amide bonds. The summed E-state index contributed by atoms with van der Waals surface area (Å²) in [4.78, 5) is 4.02.